The minimum atomic E-state index is -0.827. The number of Topliss-reactive ketones (excluding diaryl/α,β-unsaturated/α-hetero) is 1. The molecular formula is C21H15ClN2O3. The fourth-order valence-corrected chi connectivity index (χ4v) is 2.53. The van der Waals surface area contributed by atoms with Crippen molar-refractivity contribution in [3.8, 4) is 0 Å². The fourth-order valence-electron chi connectivity index (χ4n) is 2.34. The molecule has 0 bridgehead atoms. The van der Waals surface area contributed by atoms with Crippen molar-refractivity contribution >= 4 is 34.9 Å². The van der Waals surface area contributed by atoms with Crippen LogP contribution in [0, 0.1) is 0 Å². The molecular weight excluding hydrogens is 364 g/mol. The Morgan fingerprint density at radius 1 is 0.815 bits per heavy atom. The number of hydrogen-bond donors (Lipinski definition) is 1. The minimum Gasteiger partial charge on any atom is -0.297 e. The molecule has 5 nitrogen and oxygen atoms in total. The lowest BCUT2D eigenvalue weighted by molar-refractivity contribution is 0.106. The zero-order valence-corrected chi connectivity index (χ0v) is 14.9. The molecule has 0 aliphatic carbocycles. The number of carbonyl (C=O) groups is 2. The summed E-state index contributed by atoms with van der Waals surface area (Å²) in [5.41, 5.74) is 1.47. The molecule has 0 heterocycles. The van der Waals surface area contributed by atoms with E-state index in [0.717, 1.165) is 0 Å². The monoisotopic (exact) mass is 378 g/mol. The predicted molar refractivity (Wildman–Crippen MR) is 105 cm³/mol. The molecule has 3 aromatic rings. The summed E-state index contributed by atoms with van der Waals surface area (Å²) in [6, 6.07) is 24.1. The maximum absolute atomic E-state index is 12.8. The van der Waals surface area contributed by atoms with Crippen molar-refractivity contribution < 1.29 is 14.4 Å². The number of anilines is 1. The van der Waals surface area contributed by atoms with E-state index in [1.165, 1.54) is 0 Å². The highest BCUT2D eigenvalue weighted by Crippen LogP contribution is 2.15. The van der Waals surface area contributed by atoms with Gasteiger partial charge in [-0.15, -0.1) is 0 Å². The van der Waals surface area contributed by atoms with Gasteiger partial charge in [0.25, 0.3) is 0 Å². The van der Waals surface area contributed by atoms with E-state index in [1.54, 1.807) is 72.8 Å². The van der Waals surface area contributed by atoms with Gasteiger partial charge in [-0.2, -0.15) is 0 Å². The van der Waals surface area contributed by atoms with Crippen molar-refractivity contribution in [3.05, 3.63) is 101 Å². The molecule has 0 aromatic heterocycles. The summed E-state index contributed by atoms with van der Waals surface area (Å²) in [7, 11) is 0. The Morgan fingerprint density at radius 3 is 2.07 bits per heavy atom. The van der Waals surface area contributed by atoms with Crippen LogP contribution in [0.4, 0.5) is 10.5 Å². The molecule has 3 aromatic carbocycles. The Bertz CT molecular complexity index is 973. The Morgan fingerprint density at radius 2 is 1.44 bits per heavy atom. The number of halogens is 1. The van der Waals surface area contributed by atoms with Crippen LogP contribution in [0.5, 0.6) is 0 Å². The van der Waals surface area contributed by atoms with Crippen molar-refractivity contribution in [1.82, 2.24) is 0 Å². The summed E-state index contributed by atoms with van der Waals surface area (Å²) in [5, 5.41) is 6.79. The van der Waals surface area contributed by atoms with Crippen LogP contribution in [0.15, 0.2) is 90.1 Å². The highest BCUT2D eigenvalue weighted by atomic mass is 35.5. The van der Waals surface area contributed by atoms with E-state index in [9.17, 15) is 9.59 Å². The minimum absolute atomic E-state index is 0.0306. The average molecular weight is 379 g/mol. The first-order valence-corrected chi connectivity index (χ1v) is 8.48. The molecule has 0 aliphatic heterocycles. The smallest absolute Gasteiger partial charge is 0.297 e. The van der Waals surface area contributed by atoms with Gasteiger partial charge in [0.2, 0.25) is 5.78 Å². The van der Waals surface area contributed by atoms with Crippen LogP contribution >= 0.6 is 11.6 Å². The van der Waals surface area contributed by atoms with Gasteiger partial charge in [0.1, 0.15) is 0 Å². The zero-order chi connectivity index (χ0) is 19.1. The maximum Gasteiger partial charge on any atom is 0.437 e. The molecule has 0 spiro atoms. The number of oxime groups is 1. The standard InChI is InChI=1S/C21H15ClN2O3/c22-17-12-7-13-18(14-17)23-21(26)27-24-19(15-8-3-1-4-9-15)20(25)16-10-5-2-6-11-16/h1-14H,(H,23,26)/b24-19+. The largest absolute Gasteiger partial charge is 0.437 e. The zero-order valence-electron chi connectivity index (χ0n) is 14.1. The first kappa shape index (κ1) is 18.4. The van der Waals surface area contributed by atoms with Crippen molar-refractivity contribution in [2.45, 2.75) is 0 Å². The third-order valence-corrected chi connectivity index (χ3v) is 3.82. The summed E-state index contributed by atoms with van der Waals surface area (Å²) in [5.74, 6) is -0.350. The summed E-state index contributed by atoms with van der Waals surface area (Å²) in [6.07, 6.45) is -0.827. The molecule has 0 saturated carbocycles. The van der Waals surface area contributed by atoms with Gasteiger partial charge in [-0.1, -0.05) is 83.5 Å². The van der Waals surface area contributed by atoms with Gasteiger partial charge < -0.3 is 0 Å². The topological polar surface area (TPSA) is 67.8 Å². The van der Waals surface area contributed by atoms with Crippen molar-refractivity contribution in [3.63, 3.8) is 0 Å². The third-order valence-electron chi connectivity index (χ3n) is 3.59. The average Bonchev–Trinajstić information content (AvgIpc) is 2.69. The second kappa shape index (κ2) is 8.78. The van der Waals surface area contributed by atoms with Crippen LogP contribution in [0.1, 0.15) is 15.9 Å². The van der Waals surface area contributed by atoms with Crippen LogP contribution in [0.3, 0.4) is 0 Å². The molecule has 0 fully saturated rings. The molecule has 1 amide bonds. The molecule has 27 heavy (non-hydrogen) atoms. The number of benzene rings is 3. The molecule has 0 unspecified atom stereocenters. The SMILES string of the molecule is O=C(Nc1cccc(Cl)c1)O/N=C(/C(=O)c1ccccc1)c1ccccc1. The van der Waals surface area contributed by atoms with Crippen molar-refractivity contribution in [2.24, 2.45) is 5.16 Å². The Hall–Kier alpha value is -3.44. The number of nitrogens with one attached hydrogen (secondary N) is 1. The van der Waals surface area contributed by atoms with E-state index in [1.807, 2.05) is 12.1 Å². The van der Waals surface area contributed by atoms with Gasteiger partial charge in [-0.05, 0) is 18.2 Å². The Balaban J connectivity index is 1.82. The van der Waals surface area contributed by atoms with Crippen LogP contribution in [0.25, 0.3) is 0 Å². The third kappa shape index (κ3) is 5.03. The second-order valence-electron chi connectivity index (χ2n) is 5.52. The van der Waals surface area contributed by atoms with Crippen LogP contribution in [-0.2, 0) is 4.84 Å². The maximum atomic E-state index is 12.8. The van der Waals surface area contributed by atoms with Gasteiger partial charge in [0.15, 0.2) is 5.71 Å². The Labute approximate surface area is 161 Å². The van der Waals surface area contributed by atoms with Gasteiger partial charge in [-0.25, -0.2) is 4.79 Å². The highest BCUT2D eigenvalue weighted by Gasteiger charge is 2.18. The molecule has 3 rings (SSSR count). The molecule has 6 heteroatoms. The van der Waals surface area contributed by atoms with Crippen LogP contribution in [-0.4, -0.2) is 17.6 Å². The number of hydrogen-bond acceptors (Lipinski definition) is 4. The summed E-state index contributed by atoms with van der Waals surface area (Å²) < 4.78 is 0. The molecule has 0 saturated heterocycles. The van der Waals surface area contributed by atoms with Gasteiger partial charge in [0.05, 0.1) is 0 Å². The first-order valence-electron chi connectivity index (χ1n) is 8.10. The van der Waals surface area contributed by atoms with Crippen LogP contribution in [0.2, 0.25) is 5.02 Å². The van der Waals surface area contributed by atoms with Gasteiger partial charge in [0, 0.05) is 21.8 Å². The van der Waals surface area contributed by atoms with E-state index in [0.29, 0.717) is 21.8 Å². The van der Waals surface area contributed by atoms with Crippen molar-refractivity contribution in [1.29, 1.82) is 0 Å². The van der Waals surface area contributed by atoms with Gasteiger partial charge in [-0.3, -0.25) is 14.9 Å². The van der Waals surface area contributed by atoms with Gasteiger partial charge >= 0.3 is 6.09 Å². The van der Waals surface area contributed by atoms with Crippen molar-refractivity contribution in [2.75, 3.05) is 5.32 Å². The number of amides is 1. The van der Waals surface area contributed by atoms with Crippen LogP contribution < -0.4 is 5.32 Å². The summed E-state index contributed by atoms with van der Waals surface area (Å²) >= 11 is 5.88. The Kier molecular flexibility index (Phi) is 5.97. The molecule has 0 atom stereocenters. The molecule has 0 radical (unpaired) electrons. The lowest BCUT2D eigenvalue weighted by Crippen LogP contribution is -2.19. The van der Waals surface area contributed by atoms with E-state index < -0.39 is 6.09 Å². The first-order chi connectivity index (χ1) is 13.1. The summed E-state index contributed by atoms with van der Waals surface area (Å²) in [4.78, 5) is 29.7. The van der Waals surface area contributed by atoms with E-state index in [4.69, 9.17) is 16.4 Å². The highest BCUT2D eigenvalue weighted by molar-refractivity contribution is 6.51. The second-order valence-corrected chi connectivity index (χ2v) is 5.95. The molecule has 0 aliphatic rings. The number of rotatable bonds is 5. The lowest BCUT2D eigenvalue weighted by atomic mass is 10.0. The lowest BCUT2D eigenvalue weighted by Gasteiger charge is -2.07. The molecule has 1 N–H and O–H groups in total. The number of carbonyl (C=O) groups excluding carboxylic acids is 2. The predicted octanol–water partition coefficient (Wildman–Crippen LogP) is 5.18. The quantitative estimate of drug-likeness (QED) is 0.288. The molecule has 134 valence electrons. The number of ketones is 1. The fraction of sp³-hybridized carbons (Fsp3) is 0. The normalized spacial score (nSPS) is 10.9. The van der Waals surface area contributed by atoms with E-state index in [-0.39, 0.29) is 11.5 Å². The summed E-state index contributed by atoms with van der Waals surface area (Å²) in [6.45, 7) is 0. The van der Waals surface area contributed by atoms with E-state index >= 15 is 0 Å². The van der Waals surface area contributed by atoms with E-state index in [2.05, 4.69) is 10.5 Å². The number of nitrogens with zero attached hydrogens (tertiary/aromatic N) is 1.